The predicted octanol–water partition coefficient (Wildman–Crippen LogP) is 0.672. The maximum atomic E-state index is 11.6. The number of amides is 1. The molecule has 0 bridgehead atoms. The molecule has 88 valence electrons. The van der Waals surface area contributed by atoms with Gasteiger partial charge in [0.15, 0.2) is 0 Å². The summed E-state index contributed by atoms with van der Waals surface area (Å²) in [6.07, 6.45) is 1.38. The lowest BCUT2D eigenvalue weighted by Gasteiger charge is -2.37. The molecule has 4 heteroatoms. The van der Waals surface area contributed by atoms with Gasteiger partial charge in [0.1, 0.15) is 6.29 Å². The van der Waals surface area contributed by atoms with Gasteiger partial charge >= 0.3 is 0 Å². The van der Waals surface area contributed by atoms with Crippen LogP contribution in [-0.4, -0.2) is 32.5 Å². The minimum atomic E-state index is -0.487. The Kier molecular flexibility index (Phi) is 2.10. The zero-order valence-electron chi connectivity index (χ0n) is 9.60. The van der Waals surface area contributed by atoms with Gasteiger partial charge in [-0.3, -0.25) is 4.79 Å². The monoisotopic (exact) mass is 231 g/mol. The highest BCUT2D eigenvalue weighted by molar-refractivity contribution is 6.01. The Bertz CT molecular complexity index is 505. The van der Waals surface area contributed by atoms with Crippen molar-refractivity contribution in [2.45, 2.75) is 11.8 Å². The SMILES string of the molecule is CN1C(=O)Cc2cc(C3(C=O)COC3)ccc21. The fourth-order valence-corrected chi connectivity index (χ4v) is 2.40. The van der Waals surface area contributed by atoms with E-state index in [2.05, 4.69) is 0 Å². The van der Waals surface area contributed by atoms with Crippen LogP contribution in [0, 0.1) is 0 Å². The molecule has 1 aromatic rings. The van der Waals surface area contributed by atoms with Gasteiger partial charge in [-0.25, -0.2) is 0 Å². The van der Waals surface area contributed by atoms with Crippen molar-refractivity contribution in [1.29, 1.82) is 0 Å². The van der Waals surface area contributed by atoms with E-state index in [0.717, 1.165) is 23.1 Å². The maximum absolute atomic E-state index is 11.6. The highest BCUT2D eigenvalue weighted by Crippen LogP contribution is 2.35. The lowest BCUT2D eigenvalue weighted by atomic mass is 9.79. The molecule has 17 heavy (non-hydrogen) atoms. The Labute approximate surface area is 99.2 Å². The van der Waals surface area contributed by atoms with Crippen LogP contribution in [0.2, 0.25) is 0 Å². The topological polar surface area (TPSA) is 46.6 Å². The first-order valence-electron chi connectivity index (χ1n) is 5.60. The van der Waals surface area contributed by atoms with Crippen molar-refractivity contribution in [2.75, 3.05) is 25.2 Å². The molecule has 0 aliphatic carbocycles. The Morgan fingerprint density at radius 1 is 1.41 bits per heavy atom. The predicted molar refractivity (Wildman–Crippen MR) is 62.1 cm³/mol. The third kappa shape index (κ3) is 1.34. The Balaban J connectivity index is 2.03. The summed E-state index contributed by atoms with van der Waals surface area (Å²) in [6, 6.07) is 5.80. The van der Waals surface area contributed by atoms with E-state index in [1.54, 1.807) is 11.9 Å². The number of fused-ring (bicyclic) bond motifs is 1. The lowest BCUT2D eigenvalue weighted by molar-refractivity contribution is -0.129. The number of ether oxygens (including phenoxy) is 1. The van der Waals surface area contributed by atoms with E-state index >= 15 is 0 Å². The van der Waals surface area contributed by atoms with E-state index in [-0.39, 0.29) is 5.91 Å². The summed E-state index contributed by atoms with van der Waals surface area (Å²) < 4.78 is 5.14. The second-order valence-corrected chi connectivity index (χ2v) is 4.74. The van der Waals surface area contributed by atoms with E-state index in [1.165, 1.54) is 0 Å². The maximum Gasteiger partial charge on any atom is 0.231 e. The zero-order valence-corrected chi connectivity index (χ0v) is 9.60. The number of benzene rings is 1. The number of hydrogen-bond donors (Lipinski definition) is 0. The molecule has 0 unspecified atom stereocenters. The summed E-state index contributed by atoms with van der Waals surface area (Å²) in [5.41, 5.74) is 2.42. The Hall–Kier alpha value is -1.68. The van der Waals surface area contributed by atoms with Gasteiger partial charge in [-0.1, -0.05) is 12.1 Å². The second kappa shape index (κ2) is 3.40. The molecular weight excluding hydrogens is 218 g/mol. The Morgan fingerprint density at radius 2 is 2.18 bits per heavy atom. The molecule has 2 heterocycles. The van der Waals surface area contributed by atoms with Gasteiger partial charge in [-0.2, -0.15) is 0 Å². The Morgan fingerprint density at radius 3 is 2.76 bits per heavy atom. The normalized spacial score (nSPS) is 21.0. The average molecular weight is 231 g/mol. The molecular formula is C13H13NO3. The number of anilines is 1. The molecule has 3 rings (SSSR count). The summed E-state index contributed by atoms with van der Waals surface area (Å²) in [6.45, 7) is 0.887. The first-order chi connectivity index (χ1) is 8.16. The van der Waals surface area contributed by atoms with E-state index in [0.29, 0.717) is 19.6 Å². The highest BCUT2D eigenvalue weighted by Gasteiger charge is 2.41. The molecule has 4 nitrogen and oxygen atoms in total. The molecule has 1 saturated heterocycles. The first-order valence-corrected chi connectivity index (χ1v) is 5.60. The van der Waals surface area contributed by atoms with Gasteiger partial charge in [-0.15, -0.1) is 0 Å². The number of carbonyl (C=O) groups is 2. The van der Waals surface area contributed by atoms with Crippen molar-refractivity contribution in [3.05, 3.63) is 29.3 Å². The molecule has 0 N–H and O–H groups in total. The number of likely N-dealkylation sites (N-methyl/N-ethyl adjacent to an activating group) is 1. The van der Waals surface area contributed by atoms with Crippen molar-refractivity contribution in [3.63, 3.8) is 0 Å². The molecule has 1 amide bonds. The third-order valence-corrected chi connectivity index (χ3v) is 3.68. The van der Waals surface area contributed by atoms with Crippen LogP contribution in [0.1, 0.15) is 11.1 Å². The summed E-state index contributed by atoms with van der Waals surface area (Å²) in [5, 5.41) is 0. The van der Waals surface area contributed by atoms with Crippen molar-refractivity contribution in [1.82, 2.24) is 0 Å². The van der Waals surface area contributed by atoms with Crippen LogP contribution < -0.4 is 4.90 Å². The zero-order chi connectivity index (χ0) is 12.0. The number of nitrogens with zero attached hydrogens (tertiary/aromatic N) is 1. The van der Waals surface area contributed by atoms with Gasteiger partial charge in [0, 0.05) is 12.7 Å². The lowest BCUT2D eigenvalue weighted by Crippen LogP contribution is -2.48. The molecule has 0 spiro atoms. The van der Waals surface area contributed by atoms with Gasteiger partial charge < -0.3 is 14.4 Å². The molecule has 2 aliphatic heterocycles. The minimum Gasteiger partial charge on any atom is -0.379 e. The first kappa shape index (κ1) is 10.5. The number of rotatable bonds is 2. The van der Waals surface area contributed by atoms with E-state index in [4.69, 9.17) is 4.74 Å². The standard InChI is InChI=1S/C13H13NO3/c1-14-11-3-2-10(4-9(11)5-12(14)16)13(6-15)7-17-8-13/h2-4,6H,5,7-8H2,1H3. The molecule has 2 aliphatic rings. The smallest absolute Gasteiger partial charge is 0.231 e. The van der Waals surface area contributed by atoms with Crippen LogP contribution in [0.25, 0.3) is 0 Å². The highest BCUT2D eigenvalue weighted by atomic mass is 16.5. The van der Waals surface area contributed by atoms with Gasteiger partial charge in [0.25, 0.3) is 0 Å². The molecule has 0 aromatic heterocycles. The quantitative estimate of drug-likeness (QED) is 0.703. The van der Waals surface area contributed by atoms with Crippen LogP contribution in [0.4, 0.5) is 5.69 Å². The summed E-state index contributed by atoms with van der Waals surface area (Å²) in [5.74, 6) is 0.0992. The summed E-state index contributed by atoms with van der Waals surface area (Å²) in [7, 11) is 1.77. The largest absolute Gasteiger partial charge is 0.379 e. The summed E-state index contributed by atoms with van der Waals surface area (Å²) in [4.78, 5) is 24.4. The fourth-order valence-electron chi connectivity index (χ4n) is 2.40. The van der Waals surface area contributed by atoms with Crippen molar-refractivity contribution >= 4 is 17.9 Å². The van der Waals surface area contributed by atoms with Crippen molar-refractivity contribution in [3.8, 4) is 0 Å². The van der Waals surface area contributed by atoms with Gasteiger partial charge in [0.05, 0.1) is 25.0 Å². The molecule has 1 aromatic carbocycles. The van der Waals surface area contributed by atoms with E-state index in [9.17, 15) is 9.59 Å². The number of aldehydes is 1. The van der Waals surface area contributed by atoms with Crippen molar-refractivity contribution < 1.29 is 14.3 Å². The van der Waals surface area contributed by atoms with Crippen LogP contribution >= 0.6 is 0 Å². The van der Waals surface area contributed by atoms with Crippen LogP contribution in [0.5, 0.6) is 0 Å². The second-order valence-electron chi connectivity index (χ2n) is 4.74. The van der Waals surface area contributed by atoms with Crippen LogP contribution in [0.15, 0.2) is 18.2 Å². The third-order valence-electron chi connectivity index (χ3n) is 3.68. The number of hydrogen-bond acceptors (Lipinski definition) is 3. The molecule has 0 atom stereocenters. The van der Waals surface area contributed by atoms with E-state index < -0.39 is 5.41 Å². The van der Waals surface area contributed by atoms with Gasteiger partial charge in [-0.05, 0) is 17.2 Å². The summed E-state index contributed by atoms with van der Waals surface area (Å²) >= 11 is 0. The molecule has 0 saturated carbocycles. The average Bonchev–Trinajstić information content (AvgIpc) is 2.54. The minimum absolute atomic E-state index is 0.0992. The van der Waals surface area contributed by atoms with Gasteiger partial charge in [0.2, 0.25) is 5.91 Å². The van der Waals surface area contributed by atoms with Crippen LogP contribution in [-0.2, 0) is 26.2 Å². The van der Waals surface area contributed by atoms with Crippen molar-refractivity contribution in [2.24, 2.45) is 0 Å². The fraction of sp³-hybridized carbons (Fsp3) is 0.385. The van der Waals surface area contributed by atoms with Crippen LogP contribution in [0.3, 0.4) is 0 Å². The van der Waals surface area contributed by atoms with E-state index in [1.807, 2.05) is 18.2 Å². The number of carbonyl (C=O) groups excluding carboxylic acids is 2. The molecule has 1 fully saturated rings. The molecule has 0 radical (unpaired) electrons.